The highest BCUT2D eigenvalue weighted by Crippen LogP contribution is 2.23. The van der Waals surface area contributed by atoms with E-state index in [4.69, 9.17) is 15.2 Å². The molecule has 0 unspecified atom stereocenters. The fourth-order valence-corrected chi connectivity index (χ4v) is 2.39. The SMILES string of the molecule is NC(=O)c1sccc1OCCN1CCOCC1. The molecule has 0 aliphatic carbocycles. The van der Waals surface area contributed by atoms with Crippen LogP contribution in [0.4, 0.5) is 0 Å². The molecule has 1 aliphatic heterocycles. The molecule has 0 radical (unpaired) electrons. The second kappa shape index (κ2) is 6.00. The summed E-state index contributed by atoms with van der Waals surface area (Å²) >= 11 is 1.31. The lowest BCUT2D eigenvalue weighted by Crippen LogP contribution is -2.38. The third-order valence-corrected chi connectivity index (χ3v) is 3.53. The lowest BCUT2D eigenvalue weighted by Gasteiger charge is -2.26. The van der Waals surface area contributed by atoms with Gasteiger partial charge in [0.15, 0.2) is 0 Å². The summed E-state index contributed by atoms with van der Waals surface area (Å²) in [5.74, 6) is 0.164. The van der Waals surface area contributed by atoms with E-state index in [1.54, 1.807) is 6.07 Å². The van der Waals surface area contributed by atoms with Crippen molar-refractivity contribution in [1.82, 2.24) is 4.90 Å². The maximum Gasteiger partial charge on any atom is 0.262 e. The third-order valence-electron chi connectivity index (χ3n) is 2.62. The lowest BCUT2D eigenvalue weighted by molar-refractivity contribution is 0.0322. The fraction of sp³-hybridized carbons (Fsp3) is 0.545. The lowest BCUT2D eigenvalue weighted by atomic mass is 10.4. The molecule has 1 fully saturated rings. The molecule has 0 aromatic carbocycles. The minimum atomic E-state index is -0.429. The van der Waals surface area contributed by atoms with Gasteiger partial charge in [0.2, 0.25) is 0 Å². The van der Waals surface area contributed by atoms with E-state index in [0.717, 1.165) is 32.8 Å². The van der Waals surface area contributed by atoms with Gasteiger partial charge in [0.25, 0.3) is 5.91 Å². The van der Waals surface area contributed by atoms with Gasteiger partial charge in [-0.05, 0) is 11.4 Å². The van der Waals surface area contributed by atoms with Gasteiger partial charge in [-0.2, -0.15) is 0 Å². The zero-order chi connectivity index (χ0) is 12.1. The predicted octanol–water partition coefficient (Wildman–Crippen LogP) is 0.558. The number of nitrogens with zero attached hydrogens (tertiary/aromatic N) is 1. The first kappa shape index (κ1) is 12.3. The van der Waals surface area contributed by atoms with Crippen LogP contribution in [0.1, 0.15) is 9.67 Å². The normalized spacial score (nSPS) is 16.9. The maximum atomic E-state index is 11.1. The first-order valence-electron chi connectivity index (χ1n) is 5.57. The summed E-state index contributed by atoms with van der Waals surface area (Å²) in [6.07, 6.45) is 0. The number of nitrogens with two attached hydrogens (primary N) is 1. The van der Waals surface area contributed by atoms with E-state index in [1.807, 2.05) is 5.38 Å². The van der Waals surface area contributed by atoms with Crippen LogP contribution in [-0.4, -0.2) is 50.3 Å². The van der Waals surface area contributed by atoms with E-state index >= 15 is 0 Å². The Bertz CT molecular complexity index is 375. The number of ether oxygens (including phenoxy) is 2. The first-order chi connectivity index (χ1) is 8.27. The zero-order valence-electron chi connectivity index (χ0n) is 9.55. The molecule has 1 amide bonds. The number of amides is 1. The Morgan fingerprint density at radius 1 is 1.53 bits per heavy atom. The molecule has 0 atom stereocenters. The Morgan fingerprint density at radius 2 is 2.29 bits per heavy atom. The van der Waals surface area contributed by atoms with Crippen molar-refractivity contribution < 1.29 is 14.3 Å². The number of carbonyl (C=O) groups excluding carboxylic acids is 1. The van der Waals surface area contributed by atoms with E-state index < -0.39 is 5.91 Å². The van der Waals surface area contributed by atoms with Crippen LogP contribution < -0.4 is 10.5 Å². The Morgan fingerprint density at radius 3 is 3.00 bits per heavy atom. The number of hydrogen-bond donors (Lipinski definition) is 1. The molecular formula is C11H16N2O3S. The summed E-state index contributed by atoms with van der Waals surface area (Å²) in [5, 5.41) is 1.81. The average molecular weight is 256 g/mol. The van der Waals surface area contributed by atoms with E-state index in [2.05, 4.69) is 4.90 Å². The van der Waals surface area contributed by atoms with Gasteiger partial charge < -0.3 is 15.2 Å². The Kier molecular flexibility index (Phi) is 4.36. The molecule has 1 aromatic heterocycles. The second-order valence-corrected chi connectivity index (χ2v) is 4.70. The molecule has 1 aliphatic rings. The number of thiophene rings is 1. The molecule has 94 valence electrons. The van der Waals surface area contributed by atoms with Crippen molar-refractivity contribution in [3.05, 3.63) is 16.3 Å². The van der Waals surface area contributed by atoms with Crippen LogP contribution in [0.3, 0.4) is 0 Å². The molecule has 0 saturated carbocycles. The van der Waals surface area contributed by atoms with Crippen molar-refractivity contribution in [2.24, 2.45) is 5.73 Å². The van der Waals surface area contributed by atoms with Crippen LogP contribution >= 0.6 is 11.3 Å². The van der Waals surface area contributed by atoms with Gasteiger partial charge >= 0.3 is 0 Å². The summed E-state index contributed by atoms with van der Waals surface area (Å²) in [4.78, 5) is 13.8. The summed E-state index contributed by atoms with van der Waals surface area (Å²) in [6, 6.07) is 1.78. The number of hydrogen-bond acceptors (Lipinski definition) is 5. The predicted molar refractivity (Wildman–Crippen MR) is 65.6 cm³/mol. The van der Waals surface area contributed by atoms with Gasteiger partial charge in [-0.3, -0.25) is 9.69 Å². The van der Waals surface area contributed by atoms with Crippen LogP contribution in [-0.2, 0) is 4.74 Å². The van der Waals surface area contributed by atoms with Crippen LogP contribution in [0.5, 0.6) is 5.75 Å². The highest BCUT2D eigenvalue weighted by atomic mass is 32.1. The molecule has 2 rings (SSSR count). The molecule has 6 heteroatoms. The average Bonchev–Trinajstić information content (AvgIpc) is 2.79. The molecule has 2 N–H and O–H groups in total. The topological polar surface area (TPSA) is 64.8 Å². The molecule has 0 spiro atoms. The highest BCUT2D eigenvalue weighted by molar-refractivity contribution is 7.12. The van der Waals surface area contributed by atoms with Crippen molar-refractivity contribution in [2.45, 2.75) is 0 Å². The third kappa shape index (κ3) is 3.42. The van der Waals surface area contributed by atoms with E-state index in [-0.39, 0.29) is 0 Å². The Hall–Kier alpha value is -1.11. The minimum absolute atomic E-state index is 0.429. The summed E-state index contributed by atoms with van der Waals surface area (Å²) in [5.41, 5.74) is 5.24. The minimum Gasteiger partial charge on any atom is -0.491 e. The van der Waals surface area contributed by atoms with Gasteiger partial charge in [0.05, 0.1) is 13.2 Å². The smallest absolute Gasteiger partial charge is 0.262 e. The van der Waals surface area contributed by atoms with Crippen LogP contribution in [0.15, 0.2) is 11.4 Å². The van der Waals surface area contributed by atoms with Gasteiger partial charge in [-0.1, -0.05) is 0 Å². The Labute approximate surface area is 104 Å². The van der Waals surface area contributed by atoms with Crippen molar-refractivity contribution in [3.8, 4) is 5.75 Å². The summed E-state index contributed by atoms with van der Waals surface area (Å²) in [7, 11) is 0. The molecule has 2 heterocycles. The molecule has 0 bridgehead atoms. The zero-order valence-corrected chi connectivity index (χ0v) is 10.4. The highest BCUT2D eigenvalue weighted by Gasteiger charge is 2.13. The molecular weight excluding hydrogens is 240 g/mol. The standard InChI is InChI=1S/C11H16N2O3S/c12-11(14)10-9(1-8-17-10)16-7-4-13-2-5-15-6-3-13/h1,8H,2-7H2,(H2,12,14). The first-order valence-corrected chi connectivity index (χ1v) is 6.45. The van der Waals surface area contributed by atoms with Crippen LogP contribution in [0.25, 0.3) is 0 Å². The number of carbonyl (C=O) groups is 1. The number of rotatable bonds is 5. The fourth-order valence-electron chi connectivity index (χ4n) is 1.70. The maximum absolute atomic E-state index is 11.1. The van der Waals surface area contributed by atoms with Gasteiger partial charge in [0, 0.05) is 19.6 Å². The summed E-state index contributed by atoms with van der Waals surface area (Å²) in [6.45, 7) is 4.86. The van der Waals surface area contributed by atoms with Gasteiger partial charge in [-0.25, -0.2) is 0 Å². The number of morpholine rings is 1. The largest absolute Gasteiger partial charge is 0.491 e. The molecule has 5 nitrogen and oxygen atoms in total. The summed E-state index contributed by atoms with van der Waals surface area (Å²) < 4.78 is 10.8. The van der Waals surface area contributed by atoms with Crippen molar-refractivity contribution >= 4 is 17.2 Å². The molecule has 1 aromatic rings. The molecule has 17 heavy (non-hydrogen) atoms. The van der Waals surface area contributed by atoms with E-state index in [0.29, 0.717) is 17.2 Å². The number of primary amides is 1. The monoisotopic (exact) mass is 256 g/mol. The molecule has 1 saturated heterocycles. The van der Waals surface area contributed by atoms with Gasteiger partial charge in [-0.15, -0.1) is 11.3 Å². The van der Waals surface area contributed by atoms with Gasteiger partial charge in [0.1, 0.15) is 17.2 Å². The quantitative estimate of drug-likeness (QED) is 0.836. The van der Waals surface area contributed by atoms with E-state index in [1.165, 1.54) is 11.3 Å². The van der Waals surface area contributed by atoms with Crippen LogP contribution in [0.2, 0.25) is 0 Å². The second-order valence-electron chi connectivity index (χ2n) is 3.78. The van der Waals surface area contributed by atoms with Crippen LogP contribution in [0, 0.1) is 0 Å². The van der Waals surface area contributed by atoms with Crippen molar-refractivity contribution in [2.75, 3.05) is 39.5 Å². The van der Waals surface area contributed by atoms with Crippen molar-refractivity contribution in [1.29, 1.82) is 0 Å². The van der Waals surface area contributed by atoms with Crippen molar-refractivity contribution in [3.63, 3.8) is 0 Å². The Balaban J connectivity index is 1.77. The van der Waals surface area contributed by atoms with E-state index in [9.17, 15) is 4.79 Å².